The smallest absolute Gasteiger partial charge is 0.416 e. The lowest BCUT2D eigenvalue weighted by molar-refractivity contribution is -0.142. The van der Waals surface area contributed by atoms with Crippen LogP contribution >= 0.6 is 0 Å². The topological polar surface area (TPSA) is 26.3 Å². The highest BCUT2D eigenvalue weighted by atomic mass is 19.4. The first-order chi connectivity index (χ1) is 8.84. The molecule has 0 fully saturated rings. The van der Waals surface area contributed by atoms with E-state index in [4.69, 9.17) is 4.74 Å². The zero-order valence-electron chi connectivity index (χ0n) is 10.8. The van der Waals surface area contributed by atoms with Crippen LogP contribution in [0.2, 0.25) is 0 Å². The number of carbonyl (C=O) groups is 1. The Kier molecular flexibility index (Phi) is 5.15. The molecule has 0 radical (unpaired) electrons. The Hall–Kier alpha value is -1.78. The van der Waals surface area contributed by atoms with E-state index in [-0.39, 0.29) is 13.0 Å². The molecule has 19 heavy (non-hydrogen) atoms. The SMILES string of the molecule is CCOC(=O)CC=Cc1cc(C(F)(F)F)ccc1C. The van der Waals surface area contributed by atoms with Crippen LogP contribution in [0.4, 0.5) is 13.2 Å². The number of hydrogen-bond acceptors (Lipinski definition) is 2. The fourth-order valence-electron chi connectivity index (χ4n) is 1.50. The number of hydrogen-bond donors (Lipinski definition) is 0. The van der Waals surface area contributed by atoms with Crippen molar-refractivity contribution in [2.24, 2.45) is 0 Å². The molecule has 2 nitrogen and oxygen atoms in total. The Balaban J connectivity index is 2.83. The van der Waals surface area contributed by atoms with Gasteiger partial charge in [-0.2, -0.15) is 13.2 Å². The predicted molar refractivity (Wildman–Crippen MR) is 66.5 cm³/mol. The largest absolute Gasteiger partial charge is 0.466 e. The molecule has 0 spiro atoms. The van der Waals surface area contributed by atoms with Crippen LogP contribution in [0.5, 0.6) is 0 Å². The summed E-state index contributed by atoms with van der Waals surface area (Å²) in [5.41, 5.74) is 0.459. The summed E-state index contributed by atoms with van der Waals surface area (Å²) in [6.45, 7) is 3.69. The van der Waals surface area contributed by atoms with Gasteiger partial charge in [0, 0.05) is 0 Å². The molecule has 1 aromatic carbocycles. The van der Waals surface area contributed by atoms with E-state index in [9.17, 15) is 18.0 Å². The van der Waals surface area contributed by atoms with E-state index in [0.29, 0.717) is 11.1 Å². The van der Waals surface area contributed by atoms with E-state index >= 15 is 0 Å². The van der Waals surface area contributed by atoms with Gasteiger partial charge in [0.25, 0.3) is 0 Å². The van der Waals surface area contributed by atoms with Crippen molar-refractivity contribution in [1.29, 1.82) is 0 Å². The van der Waals surface area contributed by atoms with Gasteiger partial charge in [-0.1, -0.05) is 18.2 Å². The third kappa shape index (κ3) is 4.77. The van der Waals surface area contributed by atoms with Crippen LogP contribution in [0.15, 0.2) is 24.3 Å². The van der Waals surface area contributed by atoms with Crippen LogP contribution in [-0.4, -0.2) is 12.6 Å². The molecule has 1 rings (SSSR count). The minimum atomic E-state index is -4.36. The summed E-state index contributed by atoms with van der Waals surface area (Å²) in [5.74, 6) is -0.400. The summed E-state index contributed by atoms with van der Waals surface area (Å²) in [4.78, 5) is 11.1. The van der Waals surface area contributed by atoms with Crippen molar-refractivity contribution >= 4 is 12.0 Å². The number of rotatable bonds is 4. The molecule has 0 aromatic heterocycles. The third-order valence-corrected chi connectivity index (χ3v) is 2.49. The van der Waals surface area contributed by atoms with E-state index in [1.54, 1.807) is 13.8 Å². The lowest BCUT2D eigenvalue weighted by Gasteiger charge is -2.09. The van der Waals surface area contributed by atoms with Gasteiger partial charge >= 0.3 is 12.1 Å². The fourth-order valence-corrected chi connectivity index (χ4v) is 1.50. The van der Waals surface area contributed by atoms with Crippen molar-refractivity contribution in [3.8, 4) is 0 Å². The summed E-state index contributed by atoms with van der Waals surface area (Å²) in [6.07, 6.45) is -1.32. The summed E-state index contributed by atoms with van der Waals surface area (Å²) in [5, 5.41) is 0. The molecule has 0 N–H and O–H groups in total. The van der Waals surface area contributed by atoms with Crippen LogP contribution in [0.3, 0.4) is 0 Å². The minimum absolute atomic E-state index is 0.0452. The second kappa shape index (κ2) is 6.41. The van der Waals surface area contributed by atoms with Gasteiger partial charge in [0.15, 0.2) is 0 Å². The maximum atomic E-state index is 12.6. The molecule has 0 bridgehead atoms. The first-order valence-corrected chi connectivity index (χ1v) is 5.84. The summed E-state index contributed by atoms with van der Waals surface area (Å²) < 4.78 is 42.4. The number of aryl methyl sites for hydroxylation is 1. The van der Waals surface area contributed by atoms with Crippen LogP contribution in [0.1, 0.15) is 30.0 Å². The van der Waals surface area contributed by atoms with Crippen LogP contribution in [0, 0.1) is 6.92 Å². The Morgan fingerprint density at radius 2 is 2.05 bits per heavy atom. The van der Waals surface area contributed by atoms with E-state index in [1.807, 2.05) is 0 Å². The zero-order chi connectivity index (χ0) is 14.5. The Bertz CT molecular complexity index is 476. The number of benzene rings is 1. The van der Waals surface area contributed by atoms with Gasteiger partial charge in [-0.25, -0.2) is 0 Å². The first kappa shape index (κ1) is 15.3. The highest BCUT2D eigenvalue weighted by Crippen LogP contribution is 2.30. The number of carbonyl (C=O) groups excluding carboxylic acids is 1. The Morgan fingerprint density at radius 3 is 2.63 bits per heavy atom. The zero-order valence-corrected chi connectivity index (χ0v) is 10.8. The lowest BCUT2D eigenvalue weighted by Crippen LogP contribution is -2.05. The number of alkyl halides is 3. The summed E-state index contributed by atoms with van der Waals surface area (Å²) in [7, 11) is 0. The molecule has 0 aliphatic rings. The number of ether oxygens (including phenoxy) is 1. The van der Waals surface area contributed by atoms with E-state index in [2.05, 4.69) is 0 Å². The normalized spacial score (nSPS) is 11.8. The summed E-state index contributed by atoms with van der Waals surface area (Å²) >= 11 is 0. The average molecular weight is 272 g/mol. The number of esters is 1. The van der Waals surface area contributed by atoms with Crippen molar-refractivity contribution in [3.63, 3.8) is 0 Å². The van der Waals surface area contributed by atoms with Gasteiger partial charge in [-0.15, -0.1) is 0 Å². The van der Waals surface area contributed by atoms with E-state index in [1.165, 1.54) is 18.2 Å². The number of halogens is 3. The van der Waals surface area contributed by atoms with Gasteiger partial charge < -0.3 is 4.74 Å². The van der Waals surface area contributed by atoms with Gasteiger partial charge in [0.05, 0.1) is 18.6 Å². The van der Waals surface area contributed by atoms with Crippen molar-refractivity contribution in [2.75, 3.05) is 6.61 Å². The minimum Gasteiger partial charge on any atom is -0.466 e. The monoisotopic (exact) mass is 272 g/mol. The molecule has 0 atom stereocenters. The van der Waals surface area contributed by atoms with Gasteiger partial charge in [0.2, 0.25) is 0 Å². The fraction of sp³-hybridized carbons (Fsp3) is 0.357. The maximum absolute atomic E-state index is 12.6. The molecule has 1 aromatic rings. The average Bonchev–Trinajstić information content (AvgIpc) is 2.30. The maximum Gasteiger partial charge on any atom is 0.416 e. The van der Waals surface area contributed by atoms with E-state index < -0.39 is 17.7 Å². The molecule has 0 saturated carbocycles. The first-order valence-electron chi connectivity index (χ1n) is 5.84. The second-order valence-corrected chi connectivity index (χ2v) is 3.98. The van der Waals surface area contributed by atoms with Crippen LogP contribution in [0.25, 0.3) is 6.08 Å². The standard InChI is InChI=1S/C14H15F3O2/c1-3-19-13(18)6-4-5-11-9-12(14(15,16)17)8-7-10(11)2/h4-5,7-9H,3,6H2,1-2H3. The van der Waals surface area contributed by atoms with E-state index in [0.717, 1.165) is 12.1 Å². The van der Waals surface area contributed by atoms with Gasteiger partial charge in [0.1, 0.15) is 0 Å². The van der Waals surface area contributed by atoms with Gasteiger partial charge in [-0.05, 0) is 37.1 Å². The molecule has 0 aliphatic carbocycles. The molecule has 104 valence electrons. The second-order valence-electron chi connectivity index (χ2n) is 3.98. The molecule has 5 heteroatoms. The molecule has 0 aliphatic heterocycles. The molecule has 0 unspecified atom stereocenters. The predicted octanol–water partition coefficient (Wildman–Crippen LogP) is 3.98. The lowest BCUT2D eigenvalue weighted by atomic mass is 10.0. The molecule has 0 heterocycles. The van der Waals surface area contributed by atoms with Crippen molar-refractivity contribution in [3.05, 3.63) is 41.0 Å². The third-order valence-electron chi connectivity index (χ3n) is 2.49. The van der Waals surface area contributed by atoms with Crippen LogP contribution < -0.4 is 0 Å². The van der Waals surface area contributed by atoms with Crippen molar-refractivity contribution in [2.45, 2.75) is 26.4 Å². The van der Waals surface area contributed by atoms with Gasteiger partial charge in [-0.3, -0.25) is 4.79 Å². The molecular formula is C14H15F3O2. The highest BCUT2D eigenvalue weighted by molar-refractivity contribution is 5.72. The molecular weight excluding hydrogens is 257 g/mol. The Labute approximate surface area is 109 Å². The van der Waals surface area contributed by atoms with Crippen molar-refractivity contribution < 1.29 is 22.7 Å². The molecule has 0 amide bonds. The van der Waals surface area contributed by atoms with Crippen LogP contribution in [-0.2, 0) is 15.7 Å². The quantitative estimate of drug-likeness (QED) is 0.775. The molecule has 0 saturated heterocycles. The summed E-state index contributed by atoms with van der Waals surface area (Å²) in [6, 6.07) is 3.52. The Morgan fingerprint density at radius 1 is 1.37 bits per heavy atom. The van der Waals surface area contributed by atoms with Crippen molar-refractivity contribution in [1.82, 2.24) is 0 Å². The highest BCUT2D eigenvalue weighted by Gasteiger charge is 2.30.